The summed E-state index contributed by atoms with van der Waals surface area (Å²) >= 11 is -6.57. The van der Waals surface area contributed by atoms with E-state index in [4.69, 9.17) is 17.0 Å². The van der Waals surface area contributed by atoms with Gasteiger partial charge < -0.3 is 0 Å². The van der Waals surface area contributed by atoms with E-state index in [1.807, 2.05) is 116 Å². The Morgan fingerprint density at radius 3 is 1.22 bits per heavy atom. The van der Waals surface area contributed by atoms with Gasteiger partial charge in [-0.3, -0.25) is 0 Å². The molecule has 0 radical (unpaired) electrons. The number of benzene rings is 6. The van der Waals surface area contributed by atoms with Crippen molar-refractivity contribution in [2.75, 3.05) is 0 Å². The molecule has 0 fully saturated rings. The number of fused-ring (bicyclic) bond motifs is 5. The molecule has 2 aliphatic carbocycles. The van der Waals surface area contributed by atoms with Crippen LogP contribution in [0.2, 0.25) is 0 Å². The van der Waals surface area contributed by atoms with Crippen molar-refractivity contribution in [2.45, 2.75) is 111 Å². The average molecular weight is 1170 g/mol. The van der Waals surface area contributed by atoms with Crippen LogP contribution in [-0.2, 0) is 51.9 Å². The minimum atomic E-state index is -6.57. The molecule has 6 aromatic carbocycles. The maximum absolute atomic E-state index is 14.7. The van der Waals surface area contributed by atoms with Gasteiger partial charge >= 0.3 is 436 Å². The molecular weight excluding hydrogens is 1110 g/mol. The van der Waals surface area contributed by atoms with Gasteiger partial charge in [-0.05, 0) is 0 Å². The van der Waals surface area contributed by atoms with Crippen LogP contribution in [0.15, 0.2) is 114 Å². The molecule has 0 saturated carbocycles. The first-order valence-electron chi connectivity index (χ1n) is 24.2. The second kappa shape index (κ2) is 17.8. The summed E-state index contributed by atoms with van der Waals surface area (Å²) in [6.07, 6.45) is -16.4. The topological polar surface area (TPSA) is 0 Å². The Morgan fingerprint density at radius 1 is 0.473 bits per heavy atom. The minimum absolute atomic E-state index is 0.101. The molecule has 0 bridgehead atoms. The van der Waals surface area contributed by atoms with Gasteiger partial charge in [0.05, 0.1) is 0 Å². The third kappa shape index (κ3) is 9.00. The molecule has 389 valence electrons. The zero-order valence-corrected chi connectivity index (χ0v) is 46.9. The van der Waals surface area contributed by atoms with E-state index in [0.29, 0.717) is 60.6 Å². The van der Waals surface area contributed by atoms with Crippen molar-refractivity contribution in [1.82, 2.24) is 0 Å². The summed E-state index contributed by atoms with van der Waals surface area (Å²) in [5.74, 6) is 0. The Bertz CT molecular complexity index is 3130. The van der Waals surface area contributed by atoms with Gasteiger partial charge in [0.25, 0.3) is 0 Å². The van der Waals surface area contributed by atoms with E-state index >= 15 is 0 Å². The third-order valence-corrected chi connectivity index (χ3v) is 38.0. The predicted molar refractivity (Wildman–Crippen MR) is 274 cm³/mol. The Kier molecular flexibility index (Phi) is 13.1. The molecule has 2 atom stereocenters. The Morgan fingerprint density at radius 2 is 0.851 bits per heavy atom. The van der Waals surface area contributed by atoms with Crippen molar-refractivity contribution < 1.29 is 69.1 Å². The normalized spacial score (nSPS) is 17.9. The first kappa shape index (κ1) is 54.4. The summed E-state index contributed by atoms with van der Waals surface area (Å²) in [5, 5.41) is 2.09. The van der Waals surface area contributed by atoms with Crippen LogP contribution in [0.4, 0.5) is 52.7 Å². The van der Waals surface area contributed by atoms with Gasteiger partial charge in [0.2, 0.25) is 0 Å². The molecule has 9 rings (SSSR count). The molecule has 3 aliphatic rings. The van der Waals surface area contributed by atoms with Crippen molar-refractivity contribution in [3.63, 3.8) is 0 Å². The Hall–Kier alpha value is -4.36. The summed E-state index contributed by atoms with van der Waals surface area (Å²) in [5.41, 5.74) is -1.88. The zero-order chi connectivity index (χ0) is 54.3. The third-order valence-electron chi connectivity index (χ3n) is 15.2. The number of halogens is 14. The molecule has 0 saturated heterocycles. The monoisotopic (exact) mass is 1160 g/mol. The fourth-order valence-corrected chi connectivity index (χ4v) is 40.3. The fourth-order valence-electron chi connectivity index (χ4n) is 12.0. The quantitative estimate of drug-likeness (QED) is 0.110. The van der Waals surface area contributed by atoms with Crippen molar-refractivity contribution in [2.24, 2.45) is 0 Å². The first-order chi connectivity index (χ1) is 34.1. The molecule has 6 aromatic rings. The first-order valence-corrected chi connectivity index (χ1v) is 36.0. The van der Waals surface area contributed by atoms with Gasteiger partial charge in [-0.1, -0.05) is 0 Å². The van der Waals surface area contributed by atoms with Gasteiger partial charge in [0, 0.05) is 0 Å². The molecule has 0 nitrogen and oxygen atoms in total. The van der Waals surface area contributed by atoms with Gasteiger partial charge in [-0.2, -0.15) is 0 Å². The van der Waals surface area contributed by atoms with Gasteiger partial charge in [-0.15, -0.1) is 0 Å². The molecule has 0 aromatic heterocycles. The number of alkyl halides is 12. The standard InChI is InChI=1S/2C23H21F6.C12H9Si.2ClH.Zr/c2*1-5-13-8-14-6-7-19(21(2,3)4)20(18(14)9-13)15-10-16(22(24,25)26)12-17(11-15)23(27,28)29;1-3-7-11-9(5-1)10-6-2-4-8-12(10)13-11;;;/h2*6-12H,5H2,1-4H3;1-7H,13H2;2*1H;/q;;;;;+2/p-2. The van der Waals surface area contributed by atoms with E-state index in [9.17, 15) is 52.7 Å². The van der Waals surface area contributed by atoms with Crippen molar-refractivity contribution in [1.29, 1.82) is 0 Å². The van der Waals surface area contributed by atoms with E-state index < -0.39 is 91.0 Å². The summed E-state index contributed by atoms with van der Waals surface area (Å²) in [6.45, 7) is 14.7. The van der Waals surface area contributed by atoms with E-state index in [1.165, 1.54) is 0 Å². The molecule has 1 heterocycles. The molecule has 16 heteroatoms. The van der Waals surface area contributed by atoms with Crippen LogP contribution < -0.4 is 13.6 Å². The Labute approximate surface area is 432 Å². The van der Waals surface area contributed by atoms with E-state index in [1.54, 1.807) is 12.1 Å². The second-order valence-electron chi connectivity index (χ2n) is 21.9. The van der Waals surface area contributed by atoms with E-state index in [2.05, 4.69) is 6.07 Å². The van der Waals surface area contributed by atoms with E-state index in [-0.39, 0.29) is 34.4 Å². The van der Waals surface area contributed by atoms with Gasteiger partial charge in [0.1, 0.15) is 0 Å². The molecule has 2 unspecified atom stereocenters. The van der Waals surface area contributed by atoms with Crippen LogP contribution in [0.1, 0.15) is 131 Å². The van der Waals surface area contributed by atoms with Crippen molar-refractivity contribution in [3.05, 3.63) is 170 Å². The molecule has 1 aliphatic heterocycles. The average Bonchev–Trinajstić information content (AvgIpc) is 4.01. The summed E-state index contributed by atoms with van der Waals surface area (Å²) in [6, 6.07) is 24.0. The molecular formula is C58H51Cl2F12SiZr. The van der Waals surface area contributed by atoms with Crippen molar-refractivity contribution in [3.8, 4) is 33.4 Å². The van der Waals surface area contributed by atoms with Crippen LogP contribution >= 0.6 is 17.0 Å². The molecule has 0 amide bonds. The van der Waals surface area contributed by atoms with Gasteiger partial charge in [0.15, 0.2) is 0 Å². The summed E-state index contributed by atoms with van der Waals surface area (Å²) in [7, 11) is 16.8. The number of hydrogen-bond donors (Lipinski definition) is 0. The van der Waals surface area contributed by atoms with E-state index in [0.717, 1.165) is 45.8 Å². The van der Waals surface area contributed by atoms with Gasteiger partial charge in [-0.25, -0.2) is 0 Å². The number of hydrogen-bond acceptors (Lipinski definition) is 0. The number of allylic oxidation sites excluding steroid dienone is 2. The SMILES string of the molecule is CCC1=Cc2c(ccc(C(C)(C)C)c2-c2cc(C(F)(F)F)cc(C(F)(F)F)c2)[CH]1[Zr]([Cl])([Cl])([c]1cccc2c1[SiH2]c1ccccc1-2)[CH]1C(CC)=Cc2c1ccc(C(C)(C)C)c2-c1cc(C(F)(F)F)cc(C(F)(F)F)c1. The van der Waals surface area contributed by atoms with Crippen LogP contribution in [0, 0.1) is 0 Å². The maximum atomic E-state index is 14.7. The second-order valence-corrected chi connectivity index (χ2v) is 44.3. The molecule has 74 heavy (non-hydrogen) atoms. The van der Waals surface area contributed by atoms with Crippen LogP contribution in [0.5, 0.6) is 0 Å². The van der Waals surface area contributed by atoms with Crippen LogP contribution in [-0.4, -0.2) is 9.52 Å². The van der Waals surface area contributed by atoms with Crippen molar-refractivity contribution >= 4 is 52.3 Å². The summed E-state index contributed by atoms with van der Waals surface area (Å²) in [4.78, 5) is 0. The number of rotatable bonds is 7. The van der Waals surface area contributed by atoms with Crippen LogP contribution in [0.25, 0.3) is 45.5 Å². The fraction of sp³-hybridized carbons (Fsp3) is 0.310. The predicted octanol–water partition coefficient (Wildman–Crippen LogP) is 17.5. The summed E-state index contributed by atoms with van der Waals surface area (Å²) < 4.78 is 175. The Balaban J connectivity index is 1.42. The zero-order valence-electron chi connectivity index (χ0n) is 41.5. The van der Waals surface area contributed by atoms with Crippen LogP contribution in [0.3, 0.4) is 0 Å². The molecule has 0 N–H and O–H groups in total. The molecule has 0 spiro atoms.